The highest BCUT2D eigenvalue weighted by Crippen LogP contribution is 2.15. The van der Waals surface area contributed by atoms with Gasteiger partial charge in [0.2, 0.25) is 0 Å². The van der Waals surface area contributed by atoms with Crippen LogP contribution in [0.4, 0.5) is 8.78 Å². The number of halogens is 2. The second-order valence-corrected chi connectivity index (χ2v) is 6.02. The van der Waals surface area contributed by atoms with Gasteiger partial charge in [0.05, 0.1) is 6.61 Å². The van der Waals surface area contributed by atoms with Crippen molar-refractivity contribution in [3.8, 4) is 5.75 Å². The zero-order valence-corrected chi connectivity index (χ0v) is 12.6. The molecular formula is C16H25F2NO. The second-order valence-electron chi connectivity index (χ2n) is 6.02. The van der Waals surface area contributed by atoms with E-state index in [0.717, 1.165) is 44.4 Å². The summed E-state index contributed by atoms with van der Waals surface area (Å²) >= 11 is 0. The summed E-state index contributed by atoms with van der Waals surface area (Å²) in [4.78, 5) is 0. The summed E-state index contributed by atoms with van der Waals surface area (Å²) in [5.74, 6) is -1.32. The number of benzene rings is 1. The Hall–Kier alpha value is -1.16. The average molecular weight is 285 g/mol. The van der Waals surface area contributed by atoms with E-state index < -0.39 is 11.6 Å². The highest BCUT2D eigenvalue weighted by Gasteiger charge is 2.07. The van der Waals surface area contributed by atoms with E-state index in [1.54, 1.807) is 0 Å². The molecule has 0 atom stereocenters. The third-order valence-corrected chi connectivity index (χ3v) is 2.89. The van der Waals surface area contributed by atoms with Gasteiger partial charge in [-0.3, -0.25) is 0 Å². The van der Waals surface area contributed by atoms with E-state index in [1.165, 1.54) is 6.07 Å². The van der Waals surface area contributed by atoms with Gasteiger partial charge >= 0.3 is 0 Å². The molecule has 0 saturated carbocycles. The number of nitrogens with one attached hydrogen (secondary N) is 1. The molecular weight excluding hydrogens is 260 g/mol. The lowest BCUT2D eigenvalue weighted by Crippen LogP contribution is -2.36. The van der Waals surface area contributed by atoms with Crippen molar-refractivity contribution >= 4 is 0 Å². The number of rotatable bonds is 8. The van der Waals surface area contributed by atoms with E-state index in [1.807, 2.05) is 0 Å². The second kappa shape index (κ2) is 8.20. The molecule has 0 amide bonds. The van der Waals surface area contributed by atoms with Crippen LogP contribution in [0.2, 0.25) is 0 Å². The van der Waals surface area contributed by atoms with Crippen molar-refractivity contribution in [2.24, 2.45) is 0 Å². The van der Waals surface area contributed by atoms with E-state index in [2.05, 4.69) is 26.1 Å². The molecule has 0 aromatic heterocycles. The largest absolute Gasteiger partial charge is 0.493 e. The van der Waals surface area contributed by atoms with Crippen molar-refractivity contribution in [3.63, 3.8) is 0 Å². The third-order valence-electron chi connectivity index (χ3n) is 2.89. The van der Waals surface area contributed by atoms with E-state index in [0.29, 0.717) is 12.4 Å². The lowest BCUT2D eigenvalue weighted by atomic mass is 10.1. The van der Waals surface area contributed by atoms with Crippen molar-refractivity contribution in [1.82, 2.24) is 5.32 Å². The fourth-order valence-electron chi connectivity index (χ4n) is 1.80. The summed E-state index contributed by atoms with van der Waals surface area (Å²) in [7, 11) is 0. The first-order valence-corrected chi connectivity index (χ1v) is 7.21. The summed E-state index contributed by atoms with van der Waals surface area (Å²) < 4.78 is 31.0. The number of unbranched alkanes of at least 4 members (excludes halogenated alkanes) is 3. The lowest BCUT2D eigenvalue weighted by Gasteiger charge is -2.20. The quantitative estimate of drug-likeness (QED) is 0.719. The molecule has 1 aromatic carbocycles. The Kier molecular flexibility index (Phi) is 6.93. The van der Waals surface area contributed by atoms with Crippen molar-refractivity contribution < 1.29 is 13.5 Å². The van der Waals surface area contributed by atoms with E-state index in [9.17, 15) is 8.78 Å². The monoisotopic (exact) mass is 285 g/mol. The number of hydrogen-bond acceptors (Lipinski definition) is 2. The van der Waals surface area contributed by atoms with Crippen molar-refractivity contribution in [1.29, 1.82) is 0 Å². The maximum atomic E-state index is 12.9. The van der Waals surface area contributed by atoms with Crippen LogP contribution in [0.5, 0.6) is 5.75 Å². The van der Waals surface area contributed by atoms with Crippen molar-refractivity contribution in [3.05, 3.63) is 29.8 Å². The standard InChI is InChI=1S/C16H25F2NO/c1-16(2,3)19-10-6-4-5-7-11-20-13-8-9-14(17)15(18)12-13/h8-9,12,19H,4-7,10-11H2,1-3H3. The normalized spacial score (nSPS) is 11.7. The molecule has 0 heterocycles. The minimum absolute atomic E-state index is 0.176. The van der Waals surface area contributed by atoms with E-state index >= 15 is 0 Å². The third kappa shape index (κ3) is 7.43. The molecule has 0 bridgehead atoms. The molecule has 20 heavy (non-hydrogen) atoms. The Bertz CT molecular complexity index is 402. The van der Waals surface area contributed by atoms with Crippen molar-refractivity contribution in [2.75, 3.05) is 13.2 Å². The van der Waals surface area contributed by atoms with Crippen LogP contribution >= 0.6 is 0 Å². The Morgan fingerprint density at radius 1 is 1.00 bits per heavy atom. The zero-order valence-electron chi connectivity index (χ0n) is 12.6. The van der Waals surface area contributed by atoms with Crippen LogP contribution in [0.3, 0.4) is 0 Å². The van der Waals surface area contributed by atoms with Crippen LogP contribution < -0.4 is 10.1 Å². The van der Waals surface area contributed by atoms with Crippen molar-refractivity contribution in [2.45, 2.75) is 52.0 Å². The maximum absolute atomic E-state index is 12.9. The molecule has 2 nitrogen and oxygen atoms in total. The Morgan fingerprint density at radius 2 is 1.70 bits per heavy atom. The molecule has 0 fully saturated rings. The molecule has 1 N–H and O–H groups in total. The van der Waals surface area contributed by atoms with Gasteiger partial charge in [-0.1, -0.05) is 12.8 Å². The molecule has 0 radical (unpaired) electrons. The first-order chi connectivity index (χ1) is 9.38. The number of ether oxygens (including phenoxy) is 1. The minimum Gasteiger partial charge on any atom is -0.493 e. The van der Waals surface area contributed by atoms with E-state index in [4.69, 9.17) is 4.74 Å². The highest BCUT2D eigenvalue weighted by atomic mass is 19.2. The fraction of sp³-hybridized carbons (Fsp3) is 0.625. The van der Waals surface area contributed by atoms with Crippen LogP contribution in [0.25, 0.3) is 0 Å². The van der Waals surface area contributed by atoms with Gasteiger partial charge in [-0.2, -0.15) is 0 Å². The molecule has 0 aliphatic carbocycles. The molecule has 0 spiro atoms. The maximum Gasteiger partial charge on any atom is 0.162 e. The highest BCUT2D eigenvalue weighted by molar-refractivity contribution is 5.23. The van der Waals surface area contributed by atoms with Crippen LogP contribution in [-0.4, -0.2) is 18.7 Å². The Labute approximate surface area is 120 Å². The van der Waals surface area contributed by atoms with Gasteiger partial charge in [0, 0.05) is 11.6 Å². The summed E-state index contributed by atoms with van der Waals surface area (Å²) in [5.41, 5.74) is 0.176. The van der Waals surface area contributed by atoms with Gasteiger partial charge in [0.1, 0.15) is 5.75 Å². The Morgan fingerprint density at radius 3 is 2.35 bits per heavy atom. The topological polar surface area (TPSA) is 21.3 Å². The van der Waals surface area contributed by atoms with Crippen LogP contribution in [0.1, 0.15) is 46.5 Å². The van der Waals surface area contributed by atoms with E-state index in [-0.39, 0.29) is 5.54 Å². The SMILES string of the molecule is CC(C)(C)NCCCCCCOc1ccc(F)c(F)c1. The van der Waals surface area contributed by atoms with Gasteiger partial charge in [0.15, 0.2) is 11.6 Å². The van der Waals surface area contributed by atoms with Crippen LogP contribution in [-0.2, 0) is 0 Å². The molecule has 0 unspecified atom stereocenters. The summed E-state index contributed by atoms with van der Waals surface area (Å²) in [6.07, 6.45) is 4.29. The number of hydrogen-bond donors (Lipinski definition) is 1. The van der Waals surface area contributed by atoms with Gasteiger partial charge in [-0.05, 0) is 52.3 Å². The smallest absolute Gasteiger partial charge is 0.162 e. The van der Waals surface area contributed by atoms with Gasteiger partial charge in [-0.25, -0.2) is 8.78 Å². The summed E-state index contributed by atoms with van der Waals surface area (Å²) in [5, 5.41) is 3.44. The molecule has 114 valence electrons. The van der Waals surface area contributed by atoms with Crippen LogP contribution in [0.15, 0.2) is 18.2 Å². The molecule has 0 saturated heterocycles. The lowest BCUT2D eigenvalue weighted by molar-refractivity contribution is 0.301. The molecule has 0 aliphatic heterocycles. The zero-order chi connectivity index (χ0) is 15.0. The molecule has 1 rings (SSSR count). The fourth-order valence-corrected chi connectivity index (χ4v) is 1.80. The molecule has 4 heteroatoms. The summed E-state index contributed by atoms with van der Waals surface area (Å²) in [6, 6.07) is 3.62. The predicted molar refractivity (Wildman–Crippen MR) is 78.1 cm³/mol. The van der Waals surface area contributed by atoms with Gasteiger partial charge in [-0.15, -0.1) is 0 Å². The first kappa shape index (κ1) is 16.9. The van der Waals surface area contributed by atoms with Gasteiger partial charge in [0.25, 0.3) is 0 Å². The average Bonchev–Trinajstić information content (AvgIpc) is 2.35. The first-order valence-electron chi connectivity index (χ1n) is 7.21. The summed E-state index contributed by atoms with van der Waals surface area (Å²) in [6.45, 7) is 8.03. The minimum atomic E-state index is -0.865. The molecule has 1 aromatic rings. The predicted octanol–water partition coefficient (Wildman–Crippen LogP) is 4.29. The van der Waals surface area contributed by atoms with Gasteiger partial charge < -0.3 is 10.1 Å². The molecule has 0 aliphatic rings. The van der Waals surface area contributed by atoms with Crippen LogP contribution in [0, 0.1) is 11.6 Å². The Balaban J connectivity index is 2.03.